The zero-order valence-electron chi connectivity index (χ0n) is 13.8. The number of allylic oxidation sites excluding steroid dienone is 8. The third-order valence-corrected chi connectivity index (χ3v) is 5.03. The van der Waals surface area contributed by atoms with E-state index in [0.29, 0.717) is 0 Å². The first-order valence-electron chi connectivity index (χ1n) is 8.86. The van der Waals surface area contributed by atoms with Crippen LogP contribution in [0.3, 0.4) is 0 Å². The Kier molecular flexibility index (Phi) is 10.00. The topological polar surface area (TPSA) is 0 Å². The van der Waals surface area contributed by atoms with Gasteiger partial charge in [0.1, 0.15) is 0 Å². The quantitative estimate of drug-likeness (QED) is 0.351. The van der Waals surface area contributed by atoms with E-state index in [2.05, 4.69) is 36.5 Å². The van der Waals surface area contributed by atoms with Gasteiger partial charge >= 0.3 is 35.6 Å². The molecule has 0 spiro atoms. The van der Waals surface area contributed by atoms with Gasteiger partial charge in [0, 0.05) is 0 Å². The van der Waals surface area contributed by atoms with Crippen molar-refractivity contribution in [3.05, 3.63) is 47.6 Å². The van der Waals surface area contributed by atoms with Crippen LogP contribution in [0, 0.1) is 24.0 Å². The van der Waals surface area contributed by atoms with Gasteiger partial charge in [0.15, 0.2) is 0 Å². The fourth-order valence-electron chi connectivity index (χ4n) is 3.88. The van der Waals surface area contributed by atoms with Crippen LogP contribution in [0.4, 0.5) is 0 Å². The molecular weight excluding hydrogens is 359 g/mol. The summed E-state index contributed by atoms with van der Waals surface area (Å²) in [5, 5.41) is 0. The van der Waals surface area contributed by atoms with Crippen molar-refractivity contribution in [2.45, 2.75) is 64.2 Å². The molecule has 4 rings (SSSR count). The Balaban J connectivity index is 0.000000143. The molecule has 0 atom stereocenters. The molecule has 0 aromatic carbocycles. The molecule has 4 aliphatic rings. The molecule has 2 fully saturated rings. The molecule has 0 radical (unpaired) electrons. The molecular formula is C20H26Cl2Ti-2. The Morgan fingerprint density at radius 2 is 1.09 bits per heavy atom. The molecule has 0 amide bonds. The second kappa shape index (κ2) is 11.7. The van der Waals surface area contributed by atoms with Crippen LogP contribution in [0.2, 0.25) is 0 Å². The van der Waals surface area contributed by atoms with Crippen LogP contribution in [-0.4, -0.2) is 0 Å². The van der Waals surface area contributed by atoms with E-state index in [-0.39, 0.29) is 0 Å². The van der Waals surface area contributed by atoms with Gasteiger partial charge in [-0.1, -0.05) is 25.7 Å². The molecule has 0 saturated heterocycles. The maximum absolute atomic E-state index is 4.89. The Labute approximate surface area is 158 Å². The molecule has 0 heterocycles. The van der Waals surface area contributed by atoms with E-state index in [1.807, 2.05) is 0 Å². The zero-order valence-corrected chi connectivity index (χ0v) is 16.9. The molecule has 23 heavy (non-hydrogen) atoms. The van der Waals surface area contributed by atoms with Crippen LogP contribution in [0.5, 0.6) is 0 Å². The van der Waals surface area contributed by atoms with E-state index in [0.717, 1.165) is 24.7 Å². The Morgan fingerprint density at radius 3 is 1.35 bits per heavy atom. The standard InChI is InChI=1S/2C10H13.2ClH.Ti/c2*1-2-6-9(5-1)10-7-3-4-8-10;;;/h2*1,5,10H,2-4,7-8H2;2*1H;/q2*-1;;;+2/p-2. The summed E-state index contributed by atoms with van der Waals surface area (Å²) >= 11 is -0.556. The van der Waals surface area contributed by atoms with Crippen LogP contribution < -0.4 is 0 Å². The minimum absolute atomic E-state index is 0.556. The van der Waals surface area contributed by atoms with E-state index >= 15 is 0 Å². The van der Waals surface area contributed by atoms with Gasteiger partial charge in [-0.15, -0.1) is 12.8 Å². The molecule has 2 saturated carbocycles. The van der Waals surface area contributed by atoms with Crippen molar-refractivity contribution in [1.29, 1.82) is 0 Å². The van der Waals surface area contributed by atoms with Crippen molar-refractivity contribution in [3.8, 4) is 0 Å². The zero-order chi connectivity index (χ0) is 16.3. The number of hydrogen-bond donors (Lipinski definition) is 0. The summed E-state index contributed by atoms with van der Waals surface area (Å²) in [5.74, 6) is 1.75. The van der Waals surface area contributed by atoms with Crippen LogP contribution in [-0.2, 0) is 17.0 Å². The van der Waals surface area contributed by atoms with E-state index in [4.69, 9.17) is 18.6 Å². The molecule has 0 N–H and O–H groups in total. The van der Waals surface area contributed by atoms with Gasteiger partial charge in [0.2, 0.25) is 0 Å². The average molecular weight is 385 g/mol. The normalized spacial score (nSPS) is 23.0. The number of halogens is 2. The fourth-order valence-corrected chi connectivity index (χ4v) is 3.88. The van der Waals surface area contributed by atoms with Crippen molar-refractivity contribution in [2.75, 3.05) is 0 Å². The maximum atomic E-state index is 4.89. The molecule has 3 heteroatoms. The molecule has 0 aliphatic heterocycles. The van der Waals surface area contributed by atoms with Crippen molar-refractivity contribution in [3.63, 3.8) is 0 Å². The van der Waals surface area contributed by atoms with Gasteiger partial charge in [-0.25, -0.2) is 23.3 Å². The van der Waals surface area contributed by atoms with Crippen molar-refractivity contribution < 1.29 is 17.0 Å². The van der Waals surface area contributed by atoms with Crippen LogP contribution in [0.1, 0.15) is 64.2 Å². The van der Waals surface area contributed by atoms with Crippen molar-refractivity contribution >= 4 is 18.6 Å². The van der Waals surface area contributed by atoms with Crippen molar-refractivity contribution in [2.24, 2.45) is 11.8 Å². The van der Waals surface area contributed by atoms with Crippen LogP contribution >= 0.6 is 18.6 Å². The van der Waals surface area contributed by atoms with Gasteiger partial charge in [-0.3, -0.25) is 12.2 Å². The number of hydrogen-bond acceptors (Lipinski definition) is 0. The molecule has 4 aliphatic carbocycles. The van der Waals surface area contributed by atoms with E-state index in [9.17, 15) is 0 Å². The van der Waals surface area contributed by atoms with Gasteiger partial charge in [0.05, 0.1) is 0 Å². The summed E-state index contributed by atoms with van der Waals surface area (Å²) in [5.41, 5.74) is 3.00. The van der Waals surface area contributed by atoms with Gasteiger partial charge < -0.3 is 0 Å². The summed E-state index contributed by atoms with van der Waals surface area (Å²) in [6, 6.07) is 0. The summed E-state index contributed by atoms with van der Waals surface area (Å²) in [6.07, 6.45) is 29.3. The summed E-state index contributed by atoms with van der Waals surface area (Å²) in [7, 11) is 9.78. The third-order valence-electron chi connectivity index (χ3n) is 5.03. The van der Waals surface area contributed by atoms with Crippen molar-refractivity contribution in [1.82, 2.24) is 0 Å². The van der Waals surface area contributed by atoms with Crippen LogP contribution in [0.15, 0.2) is 35.5 Å². The summed E-state index contributed by atoms with van der Waals surface area (Å²) in [6.45, 7) is 0. The Morgan fingerprint density at radius 1 is 0.739 bits per heavy atom. The van der Waals surface area contributed by atoms with E-state index in [1.54, 1.807) is 0 Å². The molecule has 0 nitrogen and oxygen atoms in total. The van der Waals surface area contributed by atoms with Gasteiger partial charge in [0.25, 0.3) is 0 Å². The van der Waals surface area contributed by atoms with Crippen LogP contribution in [0.25, 0.3) is 0 Å². The third kappa shape index (κ3) is 6.95. The summed E-state index contributed by atoms with van der Waals surface area (Å²) < 4.78 is 0. The minimum atomic E-state index is -0.556. The number of rotatable bonds is 2. The first-order chi connectivity index (χ1) is 11.3. The van der Waals surface area contributed by atoms with E-state index < -0.39 is 17.0 Å². The fraction of sp³-hybridized carbons (Fsp3) is 0.600. The Hall–Kier alpha value is 0.254. The molecule has 0 unspecified atom stereocenters. The first-order valence-corrected chi connectivity index (χ1v) is 13.2. The first kappa shape index (κ1) is 19.6. The predicted molar refractivity (Wildman–Crippen MR) is 96.6 cm³/mol. The monoisotopic (exact) mass is 384 g/mol. The Bertz CT molecular complexity index is 408. The average Bonchev–Trinajstić information content (AvgIpc) is 3.40. The SMILES string of the molecule is [C-]1=C(C2CCCC2)C=CC1.[C-]1=C(C2CCCC2)C=CC1.[Cl][Ti][Cl]. The van der Waals surface area contributed by atoms with Gasteiger partial charge in [-0.05, 0) is 37.5 Å². The molecule has 0 aromatic rings. The van der Waals surface area contributed by atoms with E-state index in [1.165, 1.54) is 62.5 Å². The second-order valence-electron chi connectivity index (χ2n) is 6.51. The summed E-state index contributed by atoms with van der Waals surface area (Å²) in [4.78, 5) is 0. The second-order valence-corrected chi connectivity index (χ2v) is 9.09. The van der Waals surface area contributed by atoms with Gasteiger partial charge in [-0.2, -0.15) is 12.2 Å². The molecule has 0 bridgehead atoms. The molecule has 126 valence electrons. The predicted octanol–water partition coefficient (Wildman–Crippen LogP) is 7.11. The molecule has 0 aromatic heterocycles.